The monoisotopic (exact) mass is 342 g/mol. The molecule has 1 fully saturated rings. The molecular weight excluding hydrogens is 324 g/mol. The molecule has 120 valence electrons. The van der Waals surface area contributed by atoms with Crippen LogP contribution in [0.4, 0.5) is 0 Å². The van der Waals surface area contributed by atoms with Gasteiger partial charge in [-0.2, -0.15) is 0 Å². The molecule has 1 amide bonds. The lowest BCUT2D eigenvalue weighted by Gasteiger charge is -2.11. The minimum absolute atomic E-state index is 0.000458. The maximum Gasteiger partial charge on any atom is 0.240 e. The fourth-order valence-electron chi connectivity index (χ4n) is 1.99. The van der Waals surface area contributed by atoms with Crippen LogP contribution in [0.3, 0.4) is 0 Å². The van der Waals surface area contributed by atoms with Gasteiger partial charge in [0.2, 0.25) is 21.0 Å². The number of amides is 1. The summed E-state index contributed by atoms with van der Waals surface area (Å²) in [6.45, 7) is 1.87. The third-order valence-corrected chi connectivity index (χ3v) is 5.73. The Labute approximate surface area is 134 Å². The molecule has 8 heteroatoms. The molecule has 0 aliphatic carbocycles. The number of carbonyl (C=O) groups excluding carboxylic acids is 2. The lowest BCUT2D eigenvalue weighted by Crippen LogP contribution is -2.38. The van der Waals surface area contributed by atoms with Crippen molar-refractivity contribution in [1.29, 1.82) is 0 Å². The van der Waals surface area contributed by atoms with E-state index in [1.807, 2.05) is 6.92 Å². The molecule has 2 rings (SSSR count). The van der Waals surface area contributed by atoms with Crippen molar-refractivity contribution >= 4 is 32.8 Å². The van der Waals surface area contributed by atoms with Gasteiger partial charge in [0.15, 0.2) is 0 Å². The van der Waals surface area contributed by atoms with E-state index in [0.29, 0.717) is 12.2 Å². The van der Waals surface area contributed by atoms with E-state index in [-0.39, 0.29) is 28.9 Å². The minimum Gasteiger partial charge on any atom is -0.345 e. The van der Waals surface area contributed by atoms with E-state index < -0.39 is 16.1 Å². The lowest BCUT2D eigenvalue weighted by atomic mass is 10.2. The Bertz CT molecular complexity index is 656. The van der Waals surface area contributed by atoms with E-state index in [4.69, 9.17) is 0 Å². The highest BCUT2D eigenvalue weighted by atomic mass is 32.2. The van der Waals surface area contributed by atoms with Crippen LogP contribution in [0.2, 0.25) is 0 Å². The molecule has 1 aliphatic heterocycles. The zero-order valence-corrected chi connectivity index (χ0v) is 13.8. The van der Waals surface area contributed by atoms with Gasteiger partial charge < -0.3 is 5.32 Å². The molecule has 1 aromatic rings. The van der Waals surface area contributed by atoms with E-state index >= 15 is 0 Å². The zero-order chi connectivity index (χ0) is 16.2. The molecule has 0 spiro atoms. The van der Waals surface area contributed by atoms with Gasteiger partial charge in [-0.05, 0) is 25.5 Å². The summed E-state index contributed by atoms with van der Waals surface area (Å²) in [4.78, 5) is 23.3. The summed E-state index contributed by atoms with van der Waals surface area (Å²) in [6.07, 6.45) is 0.629. The predicted molar refractivity (Wildman–Crippen MR) is 85.0 cm³/mol. The molecule has 0 aromatic heterocycles. The first kappa shape index (κ1) is 17.0. The normalized spacial score (nSPS) is 18.4. The third kappa shape index (κ3) is 4.56. The van der Waals surface area contributed by atoms with Crippen LogP contribution in [-0.2, 0) is 19.6 Å². The molecule has 1 saturated heterocycles. The summed E-state index contributed by atoms with van der Waals surface area (Å²) in [6, 6.07) is 6.03. The van der Waals surface area contributed by atoms with Crippen LogP contribution in [0.15, 0.2) is 29.2 Å². The molecule has 1 atom stereocenters. The Morgan fingerprint density at radius 3 is 2.59 bits per heavy atom. The second-order valence-corrected chi connectivity index (χ2v) is 7.90. The number of hydrogen-bond acceptors (Lipinski definition) is 5. The number of benzene rings is 1. The summed E-state index contributed by atoms with van der Waals surface area (Å²) in [7, 11) is -3.61. The molecule has 0 radical (unpaired) electrons. The molecule has 6 nitrogen and oxygen atoms in total. The number of sulfonamides is 1. The maximum atomic E-state index is 12.0. The van der Waals surface area contributed by atoms with Gasteiger partial charge in [-0.3, -0.25) is 9.59 Å². The predicted octanol–water partition coefficient (Wildman–Crippen LogP) is 0.812. The van der Waals surface area contributed by atoms with Gasteiger partial charge in [-0.1, -0.05) is 29.5 Å². The van der Waals surface area contributed by atoms with Gasteiger partial charge in [0.1, 0.15) is 0 Å². The molecule has 1 aliphatic rings. The highest BCUT2D eigenvalue weighted by Gasteiger charge is 2.26. The quantitative estimate of drug-likeness (QED) is 0.798. The van der Waals surface area contributed by atoms with Crippen LogP contribution >= 0.6 is 11.8 Å². The van der Waals surface area contributed by atoms with Gasteiger partial charge in [0.05, 0.1) is 10.9 Å². The number of carbonyl (C=O) groups is 2. The standard InChI is InChI=1S/C14H18N2O4S2/c1-10-2-4-11(5-3-10)22(19,20)15-8-6-13(17)16-12-7-9-21-14(12)18/h2-5,12,15H,6-9H2,1H3,(H,16,17). The van der Waals surface area contributed by atoms with Crippen LogP contribution in [0, 0.1) is 6.92 Å². The molecule has 0 saturated carbocycles. The Balaban J connectivity index is 1.81. The molecular formula is C14H18N2O4S2. The zero-order valence-electron chi connectivity index (χ0n) is 12.2. The molecule has 1 unspecified atom stereocenters. The van der Waals surface area contributed by atoms with Gasteiger partial charge in [-0.25, -0.2) is 13.1 Å². The average Bonchev–Trinajstić information content (AvgIpc) is 2.84. The number of hydrogen-bond donors (Lipinski definition) is 2. The van der Waals surface area contributed by atoms with Crippen LogP contribution in [0.25, 0.3) is 0 Å². The van der Waals surface area contributed by atoms with Crippen molar-refractivity contribution in [3.05, 3.63) is 29.8 Å². The van der Waals surface area contributed by atoms with E-state index in [2.05, 4.69) is 10.0 Å². The van der Waals surface area contributed by atoms with Crippen molar-refractivity contribution < 1.29 is 18.0 Å². The van der Waals surface area contributed by atoms with E-state index in [1.165, 1.54) is 23.9 Å². The topological polar surface area (TPSA) is 92.3 Å². The second-order valence-electron chi connectivity index (χ2n) is 5.04. The fourth-order valence-corrected chi connectivity index (χ4v) is 3.96. The van der Waals surface area contributed by atoms with Gasteiger partial charge in [0, 0.05) is 18.7 Å². The number of aryl methyl sites for hydroxylation is 1. The molecule has 2 N–H and O–H groups in total. The third-order valence-electron chi connectivity index (χ3n) is 3.25. The summed E-state index contributed by atoms with van der Waals surface area (Å²) >= 11 is 1.21. The fraction of sp³-hybridized carbons (Fsp3) is 0.429. The Morgan fingerprint density at radius 2 is 2.00 bits per heavy atom. The van der Waals surface area contributed by atoms with Crippen LogP contribution in [0.5, 0.6) is 0 Å². The van der Waals surface area contributed by atoms with Crippen LogP contribution in [-0.4, -0.2) is 37.8 Å². The summed E-state index contributed by atoms with van der Waals surface area (Å²) in [5.41, 5.74) is 0.970. The largest absolute Gasteiger partial charge is 0.345 e. The van der Waals surface area contributed by atoms with Crippen molar-refractivity contribution in [2.24, 2.45) is 0 Å². The van der Waals surface area contributed by atoms with Crippen LogP contribution < -0.4 is 10.0 Å². The first-order valence-corrected chi connectivity index (χ1v) is 9.38. The second kappa shape index (κ2) is 7.26. The lowest BCUT2D eigenvalue weighted by molar-refractivity contribution is -0.124. The van der Waals surface area contributed by atoms with E-state index in [9.17, 15) is 18.0 Å². The van der Waals surface area contributed by atoms with Crippen LogP contribution in [0.1, 0.15) is 18.4 Å². The number of thioether (sulfide) groups is 1. The van der Waals surface area contributed by atoms with E-state index in [1.54, 1.807) is 12.1 Å². The number of rotatable bonds is 6. The smallest absolute Gasteiger partial charge is 0.240 e. The Hall–Kier alpha value is -1.38. The van der Waals surface area contributed by atoms with Crippen molar-refractivity contribution in [3.63, 3.8) is 0 Å². The average molecular weight is 342 g/mol. The van der Waals surface area contributed by atoms with Crippen molar-refractivity contribution in [3.8, 4) is 0 Å². The summed E-state index contributed by atoms with van der Waals surface area (Å²) < 4.78 is 26.4. The first-order valence-electron chi connectivity index (χ1n) is 6.91. The van der Waals surface area contributed by atoms with Gasteiger partial charge >= 0.3 is 0 Å². The van der Waals surface area contributed by atoms with Gasteiger partial charge in [-0.15, -0.1) is 0 Å². The molecule has 1 aromatic carbocycles. The molecule has 0 bridgehead atoms. The highest BCUT2D eigenvalue weighted by molar-refractivity contribution is 8.14. The SMILES string of the molecule is Cc1ccc(S(=O)(=O)NCCC(=O)NC2CCSC2=O)cc1. The maximum absolute atomic E-state index is 12.0. The first-order chi connectivity index (χ1) is 10.4. The van der Waals surface area contributed by atoms with Crippen molar-refractivity contribution in [1.82, 2.24) is 10.0 Å². The number of nitrogens with one attached hydrogen (secondary N) is 2. The molecule has 1 heterocycles. The van der Waals surface area contributed by atoms with Gasteiger partial charge in [0.25, 0.3) is 0 Å². The van der Waals surface area contributed by atoms with E-state index in [0.717, 1.165) is 5.56 Å². The summed E-state index contributed by atoms with van der Waals surface area (Å²) in [5.74, 6) is 0.386. The highest BCUT2D eigenvalue weighted by Crippen LogP contribution is 2.19. The Kier molecular flexibility index (Phi) is 5.60. The van der Waals surface area contributed by atoms with Crippen molar-refractivity contribution in [2.45, 2.75) is 30.7 Å². The summed E-state index contributed by atoms with van der Waals surface area (Å²) in [5, 5.41) is 2.58. The molecule has 22 heavy (non-hydrogen) atoms. The minimum atomic E-state index is -3.61. The Morgan fingerprint density at radius 1 is 1.32 bits per heavy atom. The van der Waals surface area contributed by atoms with Crippen molar-refractivity contribution in [2.75, 3.05) is 12.3 Å².